The molecule has 35 heavy (non-hydrogen) atoms. The van der Waals surface area contributed by atoms with E-state index in [0.29, 0.717) is 9.47 Å². The molecule has 0 fully saturated rings. The summed E-state index contributed by atoms with van der Waals surface area (Å²) in [6.45, 7) is 0.489. The van der Waals surface area contributed by atoms with E-state index in [9.17, 15) is 38.7 Å². The van der Waals surface area contributed by atoms with E-state index in [1.54, 1.807) is 0 Å². The third-order valence-corrected chi connectivity index (χ3v) is 5.05. The SMILES string of the molecule is CC1=C(C(N)=O)C(=O)N(CC(=O)O)C(=O)/C1=C\C=Cc1c(C)c(C(N)=O)c(O)n(CC(=O)O)c1=O. The maximum absolute atomic E-state index is 12.7. The van der Waals surface area contributed by atoms with Gasteiger partial charge in [-0.25, -0.2) is 0 Å². The number of amides is 4. The Morgan fingerprint density at radius 1 is 0.914 bits per heavy atom. The van der Waals surface area contributed by atoms with Crippen LogP contribution in [0.2, 0.25) is 0 Å². The number of aliphatic carboxylic acids is 2. The van der Waals surface area contributed by atoms with Gasteiger partial charge >= 0.3 is 11.9 Å². The Kier molecular flexibility index (Phi) is 7.39. The fourth-order valence-electron chi connectivity index (χ4n) is 3.45. The second-order valence-corrected chi connectivity index (χ2v) is 7.28. The van der Waals surface area contributed by atoms with Crippen molar-refractivity contribution in [3.05, 3.63) is 55.9 Å². The number of aromatic hydroxyl groups is 1. The zero-order valence-electron chi connectivity index (χ0n) is 18.4. The van der Waals surface area contributed by atoms with Gasteiger partial charge in [0.05, 0.1) is 0 Å². The van der Waals surface area contributed by atoms with Crippen LogP contribution in [-0.4, -0.2) is 66.9 Å². The van der Waals surface area contributed by atoms with Gasteiger partial charge in [-0.15, -0.1) is 0 Å². The Labute approximate surface area is 196 Å². The lowest BCUT2D eigenvalue weighted by atomic mass is 9.93. The van der Waals surface area contributed by atoms with Gasteiger partial charge in [0.2, 0.25) is 5.88 Å². The molecule has 1 aromatic heterocycles. The molecule has 1 aliphatic rings. The van der Waals surface area contributed by atoms with Gasteiger partial charge in [-0.3, -0.25) is 43.0 Å². The molecule has 2 rings (SSSR count). The van der Waals surface area contributed by atoms with E-state index in [1.807, 2.05) is 0 Å². The van der Waals surface area contributed by atoms with Crippen LogP contribution in [0.5, 0.6) is 5.88 Å². The minimum atomic E-state index is -1.53. The molecule has 0 aromatic carbocycles. The van der Waals surface area contributed by atoms with E-state index in [2.05, 4.69) is 0 Å². The molecule has 0 spiro atoms. The predicted octanol–water partition coefficient (Wildman–Crippen LogP) is -1.76. The summed E-state index contributed by atoms with van der Waals surface area (Å²) < 4.78 is 0.414. The lowest BCUT2D eigenvalue weighted by Crippen LogP contribution is -2.47. The Morgan fingerprint density at radius 3 is 1.97 bits per heavy atom. The van der Waals surface area contributed by atoms with Crippen LogP contribution in [0.15, 0.2) is 33.7 Å². The third-order valence-electron chi connectivity index (χ3n) is 5.05. The molecule has 0 saturated carbocycles. The van der Waals surface area contributed by atoms with E-state index < -0.39 is 71.2 Å². The summed E-state index contributed by atoms with van der Waals surface area (Å²) in [6, 6.07) is 0. The van der Waals surface area contributed by atoms with Crippen molar-refractivity contribution < 1.29 is 44.1 Å². The minimum Gasteiger partial charge on any atom is -0.494 e. The van der Waals surface area contributed by atoms with E-state index in [-0.39, 0.29) is 22.3 Å². The van der Waals surface area contributed by atoms with Crippen LogP contribution in [0, 0.1) is 6.92 Å². The fraction of sp³-hybridized carbons (Fsp3) is 0.190. The van der Waals surface area contributed by atoms with Crippen molar-refractivity contribution in [1.29, 1.82) is 0 Å². The minimum absolute atomic E-state index is 0.0842. The highest BCUT2D eigenvalue weighted by atomic mass is 16.4. The second-order valence-electron chi connectivity index (χ2n) is 7.28. The van der Waals surface area contributed by atoms with Crippen LogP contribution in [0.3, 0.4) is 0 Å². The zero-order valence-corrected chi connectivity index (χ0v) is 18.4. The van der Waals surface area contributed by atoms with Gasteiger partial charge in [-0.2, -0.15) is 0 Å². The van der Waals surface area contributed by atoms with E-state index in [4.69, 9.17) is 21.7 Å². The van der Waals surface area contributed by atoms with Crippen LogP contribution >= 0.6 is 0 Å². The molecule has 14 nitrogen and oxygen atoms in total. The average Bonchev–Trinajstić information content (AvgIpc) is 2.72. The first-order chi connectivity index (χ1) is 16.2. The maximum Gasteiger partial charge on any atom is 0.323 e. The first kappa shape index (κ1) is 26.2. The monoisotopic (exact) mass is 488 g/mol. The van der Waals surface area contributed by atoms with Crippen LogP contribution in [0.4, 0.5) is 0 Å². The highest BCUT2D eigenvalue weighted by molar-refractivity contribution is 6.28. The summed E-state index contributed by atoms with van der Waals surface area (Å²) in [6.07, 6.45) is 3.26. The summed E-state index contributed by atoms with van der Waals surface area (Å²) in [5.74, 6) is -8.51. The number of carbonyl (C=O) groups is 6. The number of nitrogens with two attached hydrogens (primary N) is 2. The lowest BCUT2D eigenvalue weighted by Gasteiger charge is -2.27. The molecule has 0 atom stereocenters. The number of nitrogens with zero attached hydrogens (tertiary/aromatic N) is 2. The molecule has 0 radical (unpaired) electrons. The Hall–Kier alpha value is -5.01. The van der Waals surface area contributed by atoms with Crippen molar-refractivity contribution >= 4 is 41.6 Å². The number of allylic oxidation sites excluding steroid dienone is 2. The van der Waals surface area contributed by atoms with Crippen LogP contribution in [0.25, 0.3) is 6.08 Å². The normalized spacial score (nSPS) is 15.3. The number of aromatic nitrogens is 1. The topological polar surface area (TPSA) is 240 Å². The van der Waals surface area contributed by atoms with Crippen LogP contribution in [0.1, 0.15) is 28.4 Å². The molecule has 1 aliphatic heterocycles. The summed E-state index contributed by atoms with van der Waals surface area (Å²) in [5, 5.41) is 28.2. The molecular formula is C21H20N4O10. The highest BCUT2D eigenvalue weighted by Crippen LogP contribution is 2.26. The van der Waals surface area contributed by atoms with E-state index in [0.717, 1.165) is 18.2 Å². The van der Waals surface area contributed by atoms with E-state index in [1.165, 1.54) is 13.8 Å². The van der Waals surface area contributed by atoms with Gasteiger partial charge in [-0.05, 0) is 37.1 Å². The molecule has 184 valence electrons. The molecule has 7 N–H and O–H groups in total. The molecule has 1 aromatic rings. The van der Waals surface area contributed by atoms with Crippen molar-refractivity contribution in [2.24, 2.45) is 11.5 Å². The summed E-state index contributed by atoms with van der Waals surface area (Å²) >= 11 is 0. The number of rotatable bonds is 8. The molecule has 2 heterocycles. The smallest absolute Gasteiger partial charge is 0.323 e. The number of hydrogen-bond donors (Lipinski definition) is 5. The number of carboxylic acids is 2. The standard InChI is InChI=1S/C21H20N4O10/c1-8-10(18(32)24(6-12(26)27)20(34)14(8)16(22)30)4-3-5-11-9(2)15(17(23)31)21(35)25(19(11)33)7-13(28)29/h3-5,34H,6-7H2,1-2H3,(H2,22,30)(H2,23,31)(H,26,27)(H,28,29)/b4-3?,11-5-. The second kappa shape index (κ2) is 9.86. The van der Waals surface area contributed by atoms with Crippen molar-refractivity contribution in [2.75, 3.05) is 6.54 Å². The largest absolute Gasteiger partial charge is 0.494 e. The first-order valence-electron chi connectivity index (χ1n) is 9.66. The maximum atomic E-state index is 12.7. The Morgan fingerprint density at radius 2 is 1.49 bits per heavy atom. The van der Waals surface area contributed by atoms with Crippen molar-refractivity contribution in [1.82, 2.24) is 9.47 Å². The highest BCUT2D eigenvalue weighted by Gasteiger charge is 2.38. The van der Waals surface area contributed by atoms with Gasteiger partial charge in [-0.1, -0.05) is 6.08 Å². The summed E-state index contributed by atoms with van der Waals surface area (Å²) in [4.78, 5) is 83.9. The van der Waals surface area contributed by atoms with Crippen molar-refractivity contribution in [3.8, 4) is 5.88 Å². The Bertz CT molecular complexity index is 1350. The van der Waals surface area contributed by atoms with Gasteiger partial charge in [0, 0.05) is 11.1 Å². The van der Waals surface area contributed by atoms with Crippen molar-refractivity contribution in [2.45, 2.75) is 20.4 Å². The molecular weight excluding hydrogens is 468 g/mol. The van der Waals surface area contributed by atoms with Gasteiger partial charge < -0.3 is 26.8 Å². The summed E-state index contributed by atoms with van der Waals surface area (Å²) in [5.41, 5.74) is 7.60. The zero-order chi connectivity index (χ0) is 26.8. The van der Waals surface area contributed by atoms with Gasteiger partial charge in [0.25, 0.3) is 29.2 Å². The predicted molar refractivity (Wildman–Crippen MR) is 117 cm³/mol. The molecule has 0 saturated heterocycles. The molecule has 0 bridgehead atoms. The number of imide groups is 1. The van der Waals surface area contributed by atoms with Gasteiger partial charge in [0.15, 0.2) is 0 Å². The molecule has 14 heteroatoms. The molecule has 0 unspecified atom stereocenters. The first-order valence-corrected chi connectivity index (χ1v) is 9.66. The average molecular weight is 488 g/mol. The molecule has 0 aliphatic carbocycles. The number of pyridine rings is 1. The Balaban J connectivity index is 2.72. The number of primary amides is 2. The summed E-state index contributed by atoms with van der Waals surface area (Å²) in [7, 11) is 0. The quantitative estimate of drug-likeness (QED) is 0.157. The van der Waals surface area contributed by atoms with Crippen molar-refractivity contribution in [3.63, 3.8) is 0 Å². The lowest BCUT2D eigenvalue weighted by molar-refractivity contribution is -0.150. The molecule has 4 amide bonds. The van der Waals surface area contributed by atoms with Crippen LogP contribution < -0.4 is 17.0 Å². The third kappa shape index (κ3) is 5.00. The fourth-order valence-corrected chi connectivity index (χ4v) is 3.45. The van der Waals surface area contributed by atoms with Gasteiger partial charge in [0.1, 0.15) is 24.2 Å². The van der Waals surface area contributed by atoms with Crippen LogP contribution in [-0.2, 0) is 30.5 Å². The van der Waals surface area contributed by atoms with E-state index >= 15 is 0 Å². The number of carboxylic acid groups (broad SMARTS) is 2. The number of carbonyl (C=O) groups excluding carboxylic acids is 4. The number of hydrogen-bond acceptors (Lipinski definition) is 8.